The summed E-state index contributed by atoms with van der Waals surface area (Å²) in [5.74, 6) is 0.869. The van der Waals surface area contributed by atoms with Crippen LogP contribution in [0.4, 0.5) is 0 Å². The standard InChI is InChI=1S/C8H16NOS/c1-5-8(10)11-7-6-9(2,3)4/h5H,1,6-7H2,2-4H3/q+1. The summed E-state index contributed by atoms with van der Waals surface area (Å²) in [6.45, 7) is 4.40. The summed E-state index contributed by atoms with van der Waals surface area (Å²) in [4.78, 5) is 10.7. The summed E-state index contributed by atoms with van der Waals surface area (Å²) in [7, 11) is 6.33. The van der Waals surface area contributed by atoms with Crippen molar-refractivity contribution in [2.75, 3.05) is 33.4 Å². The van der Waals surface area contributed by atoms with Gasteiger partial charge in [-0.25, -0.2) is 0 Å². The van der Waals surface area contributed by atoms with Crippen LogP contribution in [-0.2, 0) is 4.79 Å². The molecule has 0 radical (unpaired) electrons. The van der Waals surface area contributed by atoms with Crippen molar-refractivity contribution >= 4 is 16.9 Å². The number of carbonyl (C=O) groups is 1. The second-order valence-electron chi connectivity index (χ2n) is 3.39. The van der Waals surface area contributed by atoms with Crippen molar-refractivity contribution < 1.29 is 9.28 Å². The van der Waals surface area contributed by atoms with E-state index >= 15 is 0 Å². The number of hydrogen-bond donors (Lipinski definition) is 0. The van der Waals surface area contributed by atoms with Crippen molar-refractivity contribution in [2.45, 2.75) is 0 Å². The second kappa shape index (κ2) is 4.57. The van der Waals surface area contributed by atoms with Crippen molar-refractivity contribution in [3.05, 3.63) is 12.7 Å². The number of thioether (sulfide) groups is 1. The molecule has 0 aliphatic carbocycles. The third-order valence-electron chi connectivity index (χ3n) is 1.17. The molecule has 11 heavy (non-hydrogen) atoms. The van der Waals surface area contributed by atoms with E-state index in [1.165, 1.54) is 17.8 Å². The highest BCUT2D eigenvalue weighted by Crippen LogP contribution is 2.04. The van der Waals surface area contributed by atoms with E-state index in [-0.39, 0.29) is 5.12 Å². The van der Waals surface area contributed by atoms with Crippen LogP contribution in [0.1, 0.15) is 0 Å². The van der Waals surface area contributed by atoms with E-state index in [1.54, 1.807) is 0 Å². The molecule has 0 saturated heterocycles. The van der Waals surface area contributed by atoms with E-state index in [0.717, 1.165) is 16.8 Å². The fourth-order valence-corrected chi connectivity index (χ4v) is 1.44. The smallest absolute Gasteiger partial charge is 0.211 e. The Kier molecular flexibility index (Phi) is 4.45. The van der Waals surface area contributed by atoms with Gasteiger partial charge in [0.1, 0.15) is 0 Å². The minimum atomic E-state index is 0.0680. The van der Waals surface area contributed by atoms with E-state index in [0.29, 0.717) is 0 Å². The van der Waals surface area contributed by atoms with Crippen LogP contribution in [-0.4, -0.2) is 43.0 Å². The predicted molar refractivity (Wildman–Crippen MR) is 50.6 cm³/mol. The molecular formula is C8H16NOS+. The second-order valence-corrected chi connectivity index (χ2v) is 4.48. The van der Waals surface area contributed by atoms with Crippen LogP contribution in [0.25, 0.3) is 0 Å². The van der Waals surface area contributed by atoms with Crippen molar-refractivity contribution in [3.63, 3.8) is 0 Å². The maximum atomic E-state index is 10.7. The molecule has 0 aromatic carbocycles. The highest BCUT2D eigenvalue weighted by atomic mass is 32.2. The molecule has 0 aliphatic heterocycles. The Balaban J connectivity index is 3.42. The highest BCUT2D eigenvalue weighted by molar-refractivity contribution is 8.14. The van der Waals surface area contributed by atoms with Crippen LogP contribution < -0.4 is 0 Å². The Hall–Kier alpha value is -0.280. The summed E-state index contributed by atoms with van der Waals surface area (Å²) in [6.07, 6.45) is 1.36. The van der Waals surface area contributed by atoms with Crippen LogP contribution in [0.2, 0.25) is 0 Å². The lowest BCUT2D eigenvalue weighted by molar-refractivity contribution is -0.867. The first-order valence-electron chi connectivity index (χ1n) is 3.55. The topological polar surface area (TPSA) is 17.1 Å². The Bertz CT molecular complexity index is 149. The Morgan fingerprint density at radius 2 is 2.09 bits per heavy atom. The first-order valence-corrected chi connectivity index (χ1v) is 4.54. The van der Waals surface area contributed by atoms with Gasteiger partial charge >= 0.3 is 0 Å². The molecule has 0 aromatic heterocycles. The molecule has 0 saturated carbocycles. The summed E-state index contributed by atoms with van der Waals surface area (Å²) in [5, 5.41) is 0.0680. The fraction of sp³-hybridized carbons (Fsp3) is 0.625. The van der Waals surface area contributed by atoms with Crippen LogP contribution in [0.15, 0.2) is 12.7 Å². The molecule has 0 N–H and O–H groups in total. The van der Waals surface area contributed by atoms with Crippen molar-refractivity contribution in [1.29, 1.82) is 0 Å². The average molecular weight is 174 g/mol. The van der Waals surface area contributed by atoms with Gasteiger partial charge in [-0.05, 0) is 6.08 Å². The van der Waals surface area contributed by atoms with Gasteiger partial charge in [0, 0.05) is 0 Å². The SMILES string of the molecule is C=CC(=O)SCC[N+](C)(C)C. The third kappa shape index (κ3) is 7.62. The molecule has 0 atom stereocenters. The van der Waals surface area contributed by atoms with Gasteiger partial charge in [-0.1, -0.05) is 18.3 Å². The molecule has 64 valence electrons. The lowest BCUT2D eigenvalue weighted by atomic mass is 10.6. The van der Waals surface area contributed by atoms with Crippen LogP contribution in [0.3, 0.4) is 0 Å². The number of hydrogen-bond acceptors (Lipinski definition) is 2. The van der Waals surface area contributed by atoms with Crippen LogP contribution >= 0.6 is 11.8 Å². The lowest BCUT2D eigenvalue weighted by Crippen LogP contribution is -2.36. The van der Waals surface area contributed by atoms with Gasteiger partial charge in [-0.15, -0.1) is 0 Å². The monoisotopic (exact) mass is 174 g/mol. The van der Waals surface area contributed by atoms with Crippen LogP contribution in [0.5, 0.6) is 0 Å². The zero-order valence-electron chi connectivity index (χ0n) is 7.46. The van der Waals surface area contributed by atoms with Gasteiger partial charge in [0.05, 0.1) is 33.4 Å². The van der Waals surface area contributed by atoms with E-state index in [2.05, 4.69) is 27.7 Å². The largest absolute Gasteiger partial charge is 0.330 e. The molecule has 0 unspecified atom stereocenters. The minimum absolute atomic E-state index is 0.0680. The third-order valence-corrected chi connectivity index (χ3v) is 2.01. The van der Waals surface area contributed by atoms with Gasteiger partial charge in [0.25, 0.3) is 0 Å². The fourth-order valence-electron chi connectivity index (χ4n) is 0.479. The number of rotatable bonds is 4. The average Bonchev–Trinajstić information content (AvgIpc) is 1.85. The molecule has 0 spiro atoms. The van der Waals surface area contributed by atoms with E-state index in [9.17, 15) is 4.79 Å². The molecule has 0 fully saturated rings. The van der Waals surface area contributed by atoms with Gasteiger partial charge in [-0.2, -0.15) is 0 Å². The number of carbonyl (C=O) groups excluding carboxylic acids is 1. The first kappa shape index (κ1) is 10.7. The molecule has 0 rings (SSSR count). The minimum Gasteiger partial charge on any atom is -0.330 e. The Morgan fingerprint density at radius 1 is 1.55 bits per heavy atom. The maximum absolute atomic E-state index is 10.7. The lowest BCUT2D eigenvalue weighted by Gasteiger charge is -2.22. The van der Waals surface area contributed by atoms with Crippen molar-refractivity contribution in [3.8, 4) is 0 Å². The van der Waals surface area contributed by atoms with Crippen LogP contribution in [0, 0.1) is 0 Å². The van der Waals surface area contributed by atoms with E-state index in [1.807, 2.05) is 0 Å². The zero-order chi connectivity index (χ0) is 8.91. The quantitative estimate of drug-likeness (QED) is 0.469. The van der Waals surface area contributed by atoms with Gasteiger partial charge < -0.3 is 4.48 Å². The van der Waals surface area contributed by atoms with Gasteiger partial charge in [-0.3, -0.25) is 4.79 Å². The van der Waals surface area contributed by atoms with Gasteiger partial charge in [0.2, 0.25) is 5.12 Å². The molecule has 0 aliphatic rings. The molecule has 0 aromatic rings. The number of quaternary nitrogens is 1. The maximum Gasteiger partial charge on any atom is 0.211 e. The summed E-state index contributed by atoms with van der Waals surface area (Å²) in [6, 6.07) is 0. The predicted octanol–water partition coefficient (Wildman–Crippen LogP) is 1.14. The highest BCUT2D eigenvalue weighted by Gasteiger charge is 2.07. The number of nitrogens with zero attached hydrogens (tertiary/aromatic N) is 1. The van der Waals surface area contributed by atoms with Crippen molar-refractivity contribution in [2.24, 2.45) is 0 Å². The molecule has 0 heterocycles. The zero-order valence-corrected chi connectivity index (χ0v) is 8.28. The molecule has 0 bridgehead atoms. The first-order chi connectivity index (χ1) is 4.95. The normalized spacial score (nSPS) is 11.2. The van der Waals surface area contributed by atoms with E-state index in [4.69, 9.17) is 0 Å². The van der Waals surface area contributed by atoms with Gasteiger partial charge in [0.15, 0.2) is 0 Å². The molecule has 3 heteroatoms. The van der Waals surface area contributed by atoms with Crippen molar-refractivity contribution in [1.82, 2.24) is 0 Å². The molecule has 0 amide bonds. The molecule has 2 nitrogen and oxygen atoms in total. The summed E-state index contributed by atoms with van der Waals surface area (Å²) < 4.78 is 0.900. The Morgan fingerprint density at radius 3 is 2.45 bits per heavy atom. The molecular weight excluding hydrogens is 158 g/mol. The van der Waals surface area contributed by atoms with E-state index < -0.39 is 0 Å². The summed E-state index contributed by atoms with van der Waals surface area (Å²) >= 11 is 1.33. The summed E-state index contributed by atoms with van der Waals surface area (Å²) in [5.41, 5.74) is 0. The Labute approximate surface area is 72.9 Å².